The number of carbonyl (C=O) groups is 2. The molecule has 1 aromatic heterocycles. The van der Waals surface area contributed by atoms with Gasteiger partial charge in [0.2, 0.25) is 11.7 Å². The number of benzene rings is 2. The number of nitrogens with zero attached hydrogens (tertiary/aromatic N) is 2. The monoisotopic (exact) mass is 475 g/mol. The molecule has 1 unspecified atom stereocenters. The van der Waals surface area contributed by atoms with Crippen molar-refractivity contribution in [3.05, 3.63) is 88.9 Å². The van der Waals surface area contributed by atoms with Crippen LogP contribution in [0.2, 0.25) is 0 Å². The molecule has 182 valence electrons. The molecule has 1 aliphatic rings. The van der Waals surface area contributed by atoms with E-state index < -0.39 is 11.6 Å². The van der Waals surface area contributed by atoms with Gasteiger partial charge in [0.15, 0.2) is 0 Å². The zero-order valence-electron chi connectivity index (χ0n) is 20.0. The first-order valence-electron chi connectivity index (χ1n) is 11.7. The fraction of sp³-hybridized carbons (Fsp3) is 0.296. The summed E-state index contributed by atoms with van der Waals surface area (Å²) >= 11 is 0. The summed E-state index contributed by atoms with van der Waals surface area (Å²) in [5.41, 5.74) is 3.15. The Morgan fingerprint density at radius 2 is 1.89 bits per heavy atom. The van der Waals surface area contributed by atoms with E-state index in [1.165, 1.54) is 34.0 Å². The second-order valence-corrected chi connectivity index (χ2v) is 8.66. The van der Waals surface area contributed by atoms with Crippen molar-refractivity contribution < 1.29 is 14.0 Å². The Kier molecular flexibility index (Phi) is 7.84. The van der Waals surface area contributed by atoms with Gasteiger partial charge in [0, 0.05) is 19.6 Å². The molecule has 2 heterocycles. The van der Waals surface area contributed by atoms with Crippen LogP contribution in [-0.4, -0.2) is 47.1 Å². The Hall–Kier alpha value is -3.62. The number of nitrogens with one attached hydrogen (secondary N) is 3. The van der Waals surface area contributed by atoms with Crippen molar-refractivity contribution in [1.29, 1.82) is 0 Å². The van der Waals surface area contributed by atoms with Crippen molar-refractivity contribution in [2.24, 2.45) is 7.05 Å². The van der Waals surface area contributed by atoms with E-state index in [2.05, 4.69) is 39.3 Å². The minimum absolute atomic E-state index is 0.0545. The van der Waals surface area contributed by atoms with Gasteiger partial charge in [0.25, 0.3) is 0 Å². The summed E-state index contributed by atoms with van der Waals surface area (Å²) in [6.45, 7) is 3.25. The lowest BCUT2D eigenvalue weighted by molar-refractivity contribution is -0.115. The fourth-order valence-corrected chi connectivity index (χ4v) is 4.37. The maximum Gasteiger partial charge on any atom is 0.239 e. The van der Waals surface area contributed by atoms with Crippen molar-refractivity contribution >= 4 is 23.1 Å². The van der Waals surface area contributed by atoms with Crippen LogP contribution in [-0.2, 0) is 11.8 Å². The predicted octanol–water partition coefficient (Wildman–Crippen LogP) is 3.46. The van der Waals surface area contributed by atoms with Crippen molar-refractivity contribution in [1.82, 2.24) is 20.4 Å². The van der Waals surface area contributed by atoms with Gasteiger partial charge in [-0.2, -0.15) is 5.10 Å². The molecular formula is C27H30FN5O2. The Balaban J connectivity index is 1.30. The molecule has 0 radical (unpaired) electrons. The van der Waals surface area contributed by atoms with Crippen LogP contribution in [0.15, 0.2) is 60.7 Å². The second kappa shape index (κ2) is 11.2. The van der Waals surface area contributed by atoms with Crippen molar-refractivity contribution in [2.45, 2.75) is 25.8 Å². The van der Waals surface area contributed by atoms with Gasteiger partial charge in [-0.15, -0.1) is 0 Å². The van der Waals surface area contributed by atoms with Gasteiger partial charge >= 0.3 is 0 Å². The van der Waals surface area contributed by atoms with E-state index in [-0.39, 0.29) is 29.4 Å². The number of halogens is 1. The maximum atomic E-state index is 14.2. The third kappa shape index (κ3) is 5.90. The number of ketones is 1. The molecule has 0 spiro atoms. The zero-order chi connectivity index (χ0) is 24.8. The molecule has 35 heavy (non-hydrogen) atoms. The highest BCUT2D eigenvalue weighted by Gasteiger charge is 2.25. The largest absolute Gasteiger partial charge is 0.310 e. The van der Waals surface area contributed by atoms with Gasteiger partial charge in [-0.1, -0.05) is 48.5 Å². The van der Waals surface area contributed by atoms with Crippen LogP contribution >= 0.6 is 0 Å². The van der Waals surface area contributed by atoms with Crippen LogP contribution in [0.3, 0.4) is 0 Å². The molecule has 0 saturated carbocycles. The van der Waals surface area contributed by atoms with Crippen molar-refractivity contribution in [2.75, 3.05) is 25.0 Å². The van der Waals surface area contributed by atoms with E-state index in [4.69, 9.17) is 0 Å². The number of aryl methyl sites for hydroxylation is 2. The van der Waals surface area contributed by atoms with Crippen LogP contribution in [0.1, 0.15) is 40.0 Å². The van der Waals surface area contributed by atoms with Crippen LogP contribution in [0.5, 0.6) is 0 Å². The average molecular weight is 476 g/mol. The third-order valence-electron chi connectivity index (χ3n) is 6.15. The Morgan fingerprint density at radius 1 is 1.14 bits per heavy atom. The van der Waals surface area contributed by atoms with Gasteiger partial charge in [0.05, 0.1) is 23.4 Å². The van der Waals surface area contributed by atoms with Crippen molar-refractivity contribution in [3.63, 3.8) is 0 Å². The number of amides is 1. The first-order valence-corrected chi connectivity index (χ1v) is 11.7. The lowest BCUT2D eigenvalue weighted by atomic mass is 9.94. The maximum absolute atomic E-state index is 14.2. The molecule has 7 nitrogen and oxygen atoms in total. The first kappa shape index (κ1) is 24.5. The molecule has 3 N–H and O–H groups in total. The van der Waals surface area contributed by atoms with Gasteiger partial charge in [-0.3, -0.25) is 14.3 Å². The molecule has 3 aromatic rings. The minimum atomic E-state index is -0.610. The van der Waals surface area contributed by atoms with Crippen LogP contribution < -0.4 is 16.0 Å². The van der Waals surface area contributed by atoms with Crippen LogP contribution in [0.4, 0.5) is 10.2 Å². The topological polar surface area (TPSA) is 88.1 Å². The summed E-state index contributed by atoms with van der Waals surface area (Å²) in [4.78, 5) is 25.6. The van der Waals surface area contributed by atoms with Crippen molar-refractivity contribution in [3.8, 4) is 0 Å². The lowest BCUT2D eigenvalue weighted by Gasteiger charge is -2.24. The molecule has 2 aromatic carbocycles. The zero-order valence-corrected chi connectivity index (χ0v) is 20.0. The minimum Gasteiger partial charge on any atom is -0.310 e. The number of carbonyl (C=O) groups excluding carboxylic acids is 2. The van der Waals surface area contributed by atoms with E-state index in [1.54, 1.807) is 20.0 Å². The van der Waals surface area contributed by atoms with Gasteiger partial charge in [-0.25, -0.2) is 4.39 Å². The summed E-state index contributed by atoms with van der Waals surface area (Å²) in [6.07, 6.45) is 4.04. The SMILES string of the molecule is Cc1nn(C)c(NC(=O)CNCCC2CC(c3ccccc3)=CCN2)c1C(=O)c1ccccc1F. The van der Waals surface area contributed by atoms with E-state index in [9.17, 15) is 14.0 Å². The van der Waals surface area contributed by atoms with Crippen LogP contribution in [0, 0.1) is 12.7 Å². The first-order chi connectivity index (χ1) is 16.9. The van der Waals surface area contributed by atoms with Gasteiger partial charge in [-0.05, 0) is 49.6 Å². The second-order valence-electron chi connectivity index (χ2n) is 8.66. The summed E-state index contributed by atoms with van der Waals surface area (Å²) in [5.74, 6) is -1.16. The smallest absolute Gasteiger partial charge is 0.239 e. The highest BCUT2D eigenvalue weighted by atomic mass is 19.1. The van der Waals surface area contributed by atoms with E-state index in [1.807, 2.05) is 18.2 Å². The van der Waals surface area contributed by atoms with Crippen LogP contribution in [0.25, 0.3) is 5.57 Å². The predicted molar refractivity (Wildman–Crippen MR) is 135 cm³/mol. The number of aromatic nitrogens is 2. The molecule has 1 amide bonds. The molecule has 0 aliphatic carbocycles. The quantitative estimate of drug-likeness (QED) is 0.326. The number of anilines is 1. The molecule has 0 fully saturated rings. The van der Waals surface area contributed by atoms with Gasteiger partial charge in [0.1, 0.15) is 11.6 Å². The number of hydrogen-bond donors (Lipinski definition) is 3. The highest BCUT2D eigenvalue weighted by molar-refractivity contribution is 6.14. The Morgan fingerprint density at radius 3 is 2.66 bits per heavy atom. The molecule has 0 saturated heterocycles. The summed E-state index contributed by atoms with van der Waals surface area (Å²) in [5, 5.41) is 13.7. The molecule has 1 aliphatic heterocycles. The van der Waals surface area contributed by atoms with Gasteiger partial charge < -0.3 is 16.0 Å². The summed E-state index contributed by atoms with van der Waals surface area (Å²) in [7, 11) is 1.64. The van der Waals surface area contributed by atoms with E-state index >= 15 is 0 Å². The molecular weight excluding hydrogens is 445 g/mol. The molecule has 4 rings (SSSR count). The summed E-state index contributed by atoms with van der Waals surface area (Å²) in [6, 6.07) is 16.5. The van der Waals surface area contributed by atoms with E-state index in [0.29, 0.717) is 18.3 Å². The Bertz CT molecular complexity index is 1240. The Labute approximate surface area is 204 Å². The normalized spacial score (nSPS) is 15.5. The third-order valence-corrected chi connectivity index (χ3v) is 6.15. The number of hydrogen-bond acceptors (Lipinski definition) is 5. The lowest BCUT2D eigenvalue weighted by Crippen LogP contribution is -2.37. The number of rotatable bonds is 9. The molecule has 1 atom stereocenters. The average Bonchev–Trinajstić information content (AvgIpc) is 3.14. The molecule has 8 heteroatoms. The standard InChI is InChI=1S/C27H30FN5O2/c1-18-25(26(35)22-10-6-7-11-23(22)28)27(33(2)32-18)31-24(34)17-29-14-13-21-16-20(12-15-30-21)19-8-4-3-5-9-19/h3-12,21,29-30H,13-17H2,1-2H3,(H,31,34). The highest BCUT2D eigenvalue weighted by Crippen LogP contribution is 2.24. The molecule has 0 bridgehead atoms. The fourth-order valence-electron chi connectivity index (χ4n) is 4.37. The van der Waals surface area contributed by atoms with E-state index in [0.717, 1.165) is 19.4 Å². The summed E-state index contributed by atoms with van der Waals surface area (Å²) < 4.78 is 15.6.